The topological polar surface area (TPSA) is 79.8 Å². The number of Topliss-reactive ketones (excluding diaryl/α,β-unsaturated/α-hetero) is 1. The largest absolute Gasteiger partial charge is 0.398 e. The Morgan fingerprint density at radius 2 is 1.75 bits per heavy atom. The number of benzene rings is 2. The highest BCUT2D eigenvalue weighted by Gasteiger charge is 2.10. The van der Waals surface area contributed by atoms with Gasteiger partial charge in [0.15, 0.2) is 5.78 Å². The first-order valence-corrected chi connectivity index (χ1v) is 11.0. The number of rotatable bonds is 6. The van der Waals surface area contributed by atoms with E-state index < -0.39 is 0 Å². The molecule has 1 aromatic heterocycles. The highest BCUT2D eigenvalue weighted by molar-refractivity contribution is 7.99. The summed E-state index contributed by atoms with van der Waals surface area (Å²) in [6.07, 6.45) is 9.78. The smallest absolute Gasteiger partial charge is 0.160 e. The van der Waals surface area contributed by atoms with Crippen LogP contribution >= 0.6 is 11.8 Å². The zero-order chi connectivity index (χ0) is 23.9. The molecule has 1 heterocycles. The number of nitrogens with one attached hydrogen (secondary N) is 1. The Morgan fingerprint density at radius 3 is 2.34 bits per heavy atom. The fourth-order valence-corrected chi connectivity index (χ4v) is 3.60. The van der Waals surface area contributed by atoms with Gasteiger partial charge in [0.2, 0.25) is 0 Å². The lowest BCUT2D eigenvalue weighted by molar-refractivity contribution is 0.101. The molecular weight excluding hydrogens is 414 g/mol. The third-order valence-corrected chi connectivity index (χ3v) is 4.98. The number of aromatic nitrogens is 1. The number of anilines is 1. The van der Waals surface area contributed by atoms with E-state index in [1.165, 1.54) is 11.8 Å². The van der Waals surface area contributed by atoms with E-state index in [0.29, 0.717) is 22.5 Å². The fourth-order valence-electron chi connectivity index (χ4n) is 2.56. The number of nitrogens with zero attached hydrogens (tertiary/aromatic N) is 1. The fraction of sp³-hybridized carbons (Fsp3) is 0.148. The van der Waals surface area contributed by atoms with Crippen molar-refractivity contribution in [3.05, 3.63) is 89.8 Å². The van der Waals surface area contributed by atoms with Crippen LogP contribution in [-0.4, -0.2) is 16.5 Å². The number of allylic oxidation sites excluding steroid dienone is 1. The van der Waals surface area contributed by atoms with Gasteiger partial charge in [0, 0.05) is 32.8 Å². The molecule has 2 aromatic carbocycles. The molecule has 0 bridgehead atoms. The number of terminal acetylenes is 1. The summed E-state index contributed by atoms with van der Waals surface area (Å²) in [5, 5.41) is 8.26. The molecule has 0 saturated heterocycles. The first-order valence-electron chi connectivity index (χ1n) is 10.2. The summed E-state index contributed by atoms with van der Waals surface area (Å²) >= 11 is 1.49. The molecule has 0 amide bonds. The average Bonchev–Trinajstić information content (AvgIpc) is 2.80. The Morgan fingerprint density at radius 1 is 1.09 bits per heavy atom. The number of hydrogen-bond acceptors (Lipinski definition) is 5. The van der Waals surface area contributed by atoms with E-state index in [1.54, 1.807) is 32.2 Å². The van der Waals surface area contributed by atoms with Crippen LogP contribution in [0.4, 0.5) is 5.69 Å². The lowest BCUT2D eigenvalue weighted by Gasteiger charge is -2.09. The number of ketones is 1. The van der Waals surface area contributed by atoms with Gasteiger partial charge in [-0.25, -0.2) is 0 Å². The van der Waals surface area contributed by atoms with Gasteiger partial charge in [-0.1, -0.05) is 49.9 Å². The Kier molecular flexibility index (Phi) is 11.9. The van der Waals surface area contributed by atoms with Crippen molar-refractivity contribution in [1.82, 2.24) is 4.98 Å². The van der Waals surface area contributed by atoms with Crippen LogP contribution in [0, 0.1) is 17.8 Å². The molecule has 5 heteroatoms. The van der Waals surface area contributed by atoms with Crippen LogP contribution in [0.25, 0.3) is 6.08 Å². The van der Waals surface area contributed by atoms with Crippen LogP contribution in [-0.2, 0) is 0 Å². The quantitative estimate of drug-likeness (QED) is 0.191. The molecule has 0 spiro atoms. The predicted octanol–water partition coefficient (Wildman–Crippen LogP) is 6.76. The van der Waals surface area contributed by atoms with Gasteiger partial charge in [0.05, 0.1) is 11.4 Å². The van der Waals surface area contributed by atoms with Crippen LogP contribution < -0.4 is 5.73 Å². The summed E-state index contributed by atoms with van der Waals surface area (Å²) in [6.45, 7) is 7.21. The van der Waals surface area contributed by atoms with E-state index in [2.05, 4.69) is 17.3 Å². The van der Waals surface area contributed by atoms with E-state index in [4.69, 9.17) is 11.1 Å². The van der Waals surface area contributed by atoms with Gasteiger partial charge in [-0.2, -0.15) is 0 Å². The van der Waals surface area contributed by atoms with Crippen molar-refractivity contribution in [3.63, 3.8) is 0 Å². The number of carbonyl (C=O) groups excluding carboxylic acids is 1. The second-order valence-electron chi connectivity index (χ2n) is 6.19. The van der Waals surface area contributed by atoms with Crippen LogP contribution in [0.15, 0.2) is 82.7 Å². The number of pyridine rings is 1. The molecule has 3 N–H and O–H groups in total. The minimum atomic E-state index is 0.0316. The molecule has 3 aromatic rings. The van der Waals surface area contributed by atoms with Gasteiger partial charge in [0.1, 0.15) is 0 Å². The molecule has 0 fully saturated rings. The molecule has 0 atom stereocenters. The average molecular weight is 444 g/mol. The number of carbonyl (C=O) groups is 1. The maximum atomic E-state index is 11.8. The van der Waals surface area contributed by atoms with Crippen molar-refractivity contribution in [1.29, 1.82) is 5.41 Å². The molecule has 3 rings (SSSR count). The highest BCUT2D eigenvalue weighted by Crippen LogP contribution is 2.32. The molecule has 164 valence electrons. The van der Waals surface area contributed by atoms with Gasteiger partial charge in [-0.3, -0.25) is 9.78 Å². The zero-order valence-corrected chi connectivity index (χ0v) is 19.7. The first-order chi connectivity index (χ1) is 15.5. The standard InChI is InChI=1S/C22H19N3OS.C3H4.C2H6/c1-15(26)18-7-2-3-8-22(18)27-17-10-11-19(21(24)14-17)20(23)12-9-16-6-4-5-13-25-16;1-3-2;1-2/h2-14,23H,24H2,1H3;1H,2H3;1-2H3/b12-9+,23-20?;;. The summed E-state index contributed by atoms with van der Waals surface area (Å²) < 4.78 is 0. The molecule has 0 saturated carbocycles. The molecular formula is C27H29N3OS. The monoisotopic (exact) mass is 443 g/mol. The predicted molar refractivity (Wildman–Crippen MR) is 137 cm³/mol. The summed E-state index contributed by atoms with van der Waals surface area (Å²) in [4.78, 5) is 17.8. The van der Waals surface area contributed by atoms with Gasteiger partial charge in [-0.05, 0) is 62.4 Å². The van der Waals surface area contributed by atoms with Crippen molar-refractivity contribution in [2.24, 2.45) is 0 Å². The van der Waals surface area contributed by atoms with Crippen molar-refractivity contribution in [2.45, 2.75) is 37.5 Å². The molecule has 4 nitrogen and oxygen atoms in total. The summed E-state index contributed by atoms with van der Waals surface area (Å²) in [5.74, 6) is 2.28. The van der Waals surface area contributed by atoms with Crippen LogP contribution in [0.5, 0.6) is 0 Å². The number of nitrogens with two attached hydrogens (primary N) is 1. The van der Waals surface area contributed by atoms with Crippen molar-refractivity contribution in [2.75, 3.05) is 5.73 Å². The molecule has 0 aliphatic rings. The van der Waals surface area contributed by atoms with Crippen LogP contribution in [0.1, 0.15) is 49.3 Å². The summed E-state index contributed by atoms with van der Waals surface area (Å²) in [5.41, 5.74) is 9.15. The van der Waals surface area contributed by atoms with Gasteiger partial charge >= 0.3 is 0 Å². The molecule has 0 aliphatic carbocycles. The van der Waals surface area contributed by atoms with Gasteiger partial charge < -0.3 is 11.1 Å². The SMILES string of the molecule is C#CC.CC.CC(=O)c1ccccc1Sc1ccc(C(=N)/C=C/c2ccccn2)c(N)c1. The summed E-state index contributed by atoms with van der Waals surface area (Å²) in [7, 11) is 0. The highest BCUT2D eigenvalue weighted by atomic mass is 32.2. The van der Waals surface area contributed by atoms with E-state index in [1.807, 2.05) is 74.5 Å². The van der Waals surface area contributed by atoms with E-state index >= 15 is 0 Å². The molecule has 32 heavy (non-hydrogen) atoms. The lowest BCUT2D eigenvalue weighted by Crippen LogP contribution is -2.01. The second-order valence-corrected chi connectivity index (χ2v) is 7.31. The summed E-state index contributed by atoms with van der Waals surface area (Å²) in [6, 6.07) is 18.7. The van der Waals surface area contributed by atoms with E-state index in [-0.39, 0.29) is 5.78 Å². The van der Waals surface area contributed by atoms with Crippen LogP contribution in [0.3, 0.4) is 0 Å². The Labute approximate surface area is 195 Å². The molecule has 0 aliphatic heterocycles. The van der Waals surface area contributed by atoms with Gasteiger partial charge in [0.25, 0.3) is 0 Å². The van der Waals surface area contributed by atoms with Crippen molar-refractivity contribution >= 4 is 35.0 Å². The normalized spacial score (nSPS) is 9.59. The van der Waals surface area contributed by atoms with Crippen molar-refractivity contribution in [3.8, 4) is 12.3 Å². The van der Waals surface area contributed by atoms with Crippen molar-refractivity contribution < 1.29 is 4.79 Å². The van der Waals surface area contributed by atoms with E-state index in [0.717, 1.165) is 15.5 Å². The third-order valence-electron chi connectivity index (χ3n) is 3.92. The Balaban J connectivity index is 0.000000944. The number of hydrogen-bond donors (Lipinski definition) is 2. The Bertz CT molecular complexity index is 1100. The maximum Gasteiger partial charge on any atom is 0.160 e. The second kappa shape index (κ2) is 14.4. The first kappa shape index (κ1) is 26.4. The molecule has 0 radical (unpaired) electrons. The van der Waals surface area contributed by atoms with Crippen LogP contribution in [0.2, 0.25) is 0 Å². The minimum absolute atomic E-state index is 0.0316. The van der Waals surface area contributed by atoms with Gasteiger partial charge in [-0.15, -0.1) is 12.3 Å². The zero-order valence-electron chi connectivity index (χ0n) is 18.9. The lowest BCUT2D eigenvalue weighted by atomic mass is 10.1. The molecule has 0 unspecified atom stereocenters. The third kappa shape index (κ3) is 8.25. The Hall–Kier alpha value is -3.62. The number of nitrogen functional groups attached to an aromatic ring is 1. The maximum absolute atomic E-state index is 11.8. The minimum Gasteiger partial charge on any atom is -0.398 e. The van der Waals surface area contributed by atoms with E-state index in [9.17, 15) is 4.79 Å².